The fourth-order valence-electron chi connectivity index (χ4n) is 1.35. The minimum atomic E-state index is 0.355. The molecule has 0 radical (unpaired) electrons. The summed E-state index contributed by atoms with van der Waals surface area (Å²) < 4.78 is 0. The highest BCUT2D eigenvalue weighted by atomic mass is 32.2. The van der Waals surface area contributed by atoms with Crippen molar-refractivity contribution >= 4 is 29.0 Å². The van der Waals surface area contributed by atoms with Crippen molar-refractivity contribution in [2.24, 2.45) is 5.73 Å². The lowest BCUT2D eigenvalue weighted by Crippen LogP contribution is -2.21. The molecule has 1 aromatic rings. The Balaban J connectivity index is 2.59. The van der Waals surface area contributed by atoms with Crippen molar-refractivity contribution in [2.75, 3.05) is 25.6 Å². The van der Waals surface area contributed by atoms with Gasteiger partial charge in [-0.25, -0.2) is 0 Å². The van der Waals surface area contributed by atoms with Gasteiger partial charge in [0.2, 0.25) is 0 Å². The van der Waals surface area contributed by atoms with Crippen LogP contribution < -0.4 is 5.73 Å². The van der Waals surface area contributed by atoms with Crippen LogP contribution in [0.1, 0.15) is 11.3 Å². The van der Waals surface area contributed by atoms with Gasteiger partial charge in [0.1, 0.15) is 4.99 Å². The number of hydrogen-bond acceptors (Lipinski definition) is 4. The molecule has 3 nitrogen and oxygen atoms in total. The van der Waals surface area contributed by atoms with Gasteiger partial charge in [-0.05, 0) is 31.0 Å². The summed E-state index contributed by atoms with van der Waals surface area (Å²) in [6.07, 6.45) is 3.87. The molecule has 0 saturated heterocycles. The van der Waals surface area contributed by atoms with Gasteiger partial charge < -0.3 is 10.6 Å². The van der Waals surface area contributed by atoms with Gasteiger partial charge in [0.25, 0.3) is 0 Å². The van der Waals surface area contributed by atoms with E-state index in [4.69, 9.17) is 18.0 Å². The zero-order chi connectivity index (χ0) is 12.0. The van der Waals surface area contributed by atoms with E-state index in [1.54, 1.807) is 6.20 Å². The molecule has 88 valence electrons. The molecule has 0 spiro atoms. The molecule has 16 heavy (non-hydrogen) atoms. The SMILES string of the molecule is CSCCN(C)Cc1ccnc(C(N)=S)c1. The number of pyridine rings is 1. The Morgan fingerprint density at radius 1 is 1.62 bits per heavy atom. The van der Waals surface area contributed by atoms with Crippen LogP contribution in [0.2, 0.25) is 0 Å². The summed E-state index contributed by atoms with van der Waals surface area (Å²) in [6, 6.07) is 3.95. The van der Waals surface area contributed by atoms with E-state index in [-0.39, 0.29) is 0 Å². The van der Waals surface area contributed by atoms with Crippen molar-refractivity contribution in [2.45, 2.75) is 6.54 Å². The van der Waals surface area contributed by atoms with E-state index in [2.05, 4.69) is 23.2 Å². The fraction of sp³-hybridized carbons (Fsp3) is 0.455. The molecule has 1 heterocycles. The first kappa shape index (κ1) is 13.4. The highest BCUT2D eigenvalue weighted by Gasteiger charge is 2.03. The zero-order valence-corrected chi connectivity index (χ0v) is 11.3. The van der Waals surface area contributed by atoms with Gasteiger partial charge in [0.15, 0.2) is 0 Å². The van der Waals surface area contributed by atoms with Crippen LogP contribution in [0, 0.1) is 0 Å². The van der Waals surface area contributed by atoms with Crippen LogP contribution in [0.3, 0.4) is 0 Å². The Hall–Kier alpha value is -0.650. The maximum atomic E-state index is 5.55. The summed E-state index contributed by atoms with van der Waals surface area (Å²) in [6.45, 7) is 1.98. The van der Waals surface area contributed by atoms with Gasteiger partial charge in [-0.2, -0.15) is 11.8 Å². The van der Waals surface area contributed by atoms with Crippen molar-refractivity contribution in [3.8, 4) is 0 Å². The largest absolute Gasteiger partial charge is 0.388 e. The number of thiocarbonyl (C=S) groups is 1. The second-order valence-electron chi connectivity index (χ2n) is 3.64. The van der Waals surface area contributed by atoms with Crippen LogP contribution >= 0.6 is 24.0 Å². The Bertz CT molecular complexity index is 355. The molecule has 2 N–H and O–H groups in total. The summed E-state index contributed by atoms with van der Waals surface area (Å²) in [5.74, 6) is 1.14. The van der Waals surface area contributed by atoms with Crippen molar-refractivity contribution in [1.82, 2.24) is 9.88 Å². The molecule has 0 aliphatic rings. The topological polar surface area (TPSA) is 42.2 Å². The predicted molar refractivity (Wildman–Crippen MR) is 74.8 cm³/mol. The van der Waals surface area contributed by atoms with E-state index in [1.807, 2.05) is 23.9 Å². The van der Waals surface area contributed by atoms with Crippen molar-refractivity contribution in [1.29, 1.82) is 0 Å². The number of thioether (sulfide) groups is 1. The van der Waals surface area contributed by atoms with Crippen LogP contribution in [0.4, 0.5) is 0 Å². The quantitative estimate of drug-likeness (QED) is 0.781. The van der Waals surface area contributed by atoms with Crippen LogP contribution in [-0.2, 0) is 6.54 Å². The monoisotopic (exact) mass is 255 g/mol. The Labute approximate surface area is 106 Å². The molecular formula is C11H17N3S2. The van der Waals surface area contributed by atoms with Crippen LogP contribution in [0.25, 0.3) is 0 Å². The highest BCUT2D eigenvalue weighted by Crippen LogP contribution is 2.05. The number of nitrogens with zero attached hydrogens (tertiary/aromatic N) is 2. The second-order valence-corrected chi connectivity index (χ2v) is 5.07. The Morgan fingerprint density at radius 3 is 3.00 bits per heavy atom. The third-order valence-electron chi connectivity index (χ3n) is 2.21. The molecule has 5 heteroatoms. The first-order valence-corrected chi connectivity index (χ1v) is 6.86. The van der Waals surface area contributed by atoms with E-state index >= 15 is 0 Å². The number of aromatic nitrogens is 1. The third kappa shape index (κ3) is 4.47. The lowest BCUT2D eigenvalue weighted by molar-refractivity contribution is 0.348. The molecule has 0 aliphatic carbocycles. The summed E-state index contributed by atoms with van der Waals surface area (Å²) in [5, 5.41) is 0. The number of rotatable bonds is 6. The maximum Gasteiger partial charge on any atom is 0.122 e. The highest BCUT2D eigenvalue weighted by molar-refractivity contribution is 7.98. The molecular weight excluding hydrogens is 238 g/mol. The molecule has 0 fully saturated rings. The molecule has 0 bridgehead atoms. The normalized spacial score (nSPS) is 10.7. The number of nitrogens with two attached hydrogens (primary N) is 1. The van der Waals surface area contributed by atoms with Crippen molar-refractivity contribution in [3.63, 3.8) is 0 Å². The minimum Gasteiger partial charge on any atom is -0.388 e. The first-order valence-electron chi connectivity index (χ1n) is 5.05. The summed E-state index contributed by atoms with van der Waals surface area (Å²) >= 11 is 6.76. The summed E-state index contributed by atoms with van der Waals surface area (Å²) in [4.78, 5) is 6.75. The standard InChI is InChI=1S/C11H17N3S2/c1-14(5-6-16-2)8-9-3-4-13-10(7-9)11(12)15/h3-4,7H,5-6,8H2,1-2H3,(H2,12,15). The van der Waals surface area contributed by atoms with E-state index in [0.29, 0.717) is 10.7 Å². The molecule has 0 unspecified atom stereocenters. The second kappa shape index (κ2) is 6.83. The van der Waals surface area contributed by atoms with Crippen molar-refractivity contribution in [3.05, 3.63) is 29.6 Å². The Morgan fingerprint density at radius 2 is 2.38 bits per heavy atom. The van der Waals surface area contributed by atoms with E-state index in [1.165, 1.54) is 5.56 Å². The van der Waals surface area contributed by atoms with Crippen LogP contribution in [-0.4, -0.2) is 40.5 Å². The molecule has 0 aliphatic heterocycles. The van der Waals surface area contributed by atoms with E-state index in [9.17, 15) is 0 Å². The molecule has 1 aromatic heterocycles. The molecule has 0 saturated carbocycles. The lowest BCUT2D eigenvalue weighted by Gasteiger charge is -2.16. The lowest BCUT2D eigenvalue weighted by atomic mass is 10.2. The zero-order valence-electron chi connectivity index (χ0n) is 9.64. The van der Waals surface area contributed by atoms with Gasteiger partial charge in [0, 0.05) is 25.0 Å². The van der Waals surface area contributed by atoms with Gasteiger partial charge >= 0.3 is 0 Å². The van der Waals surface area contributed by atoms with E-state index < -0.39 is 0 Å². The van der Waals surface area contributed by atoms with Gasteiger partial charge in [-0.3, -0.25) is 4.98 Å². The van der Waals surface area contributed by atoms with Gasteiger partial charge in [-0.15, -0.1) is 0 Å². The average molecular weight is 255 g/mol. The number of hydrogen-bond donors (Lipinski definition) is 1. The maximum absolute atomic E-state index is 5.55. The van der Waals surface area contributed by atoms with Crippen molar-refractivity contribution < 1.29 is 0 Å². The van der Waals surface area contributed by atoms with E-state index in [0.717, 1.165) is 18.8 Å². The fourth-order valence-corrected chi connectivity index (χ4v) is 1.95. The molecule has 1 rings (SSSR count). The molecule has 0 amide bonds. The first-order chi connectivity index (χ1) is 7.63. The molecule has 0 atom stereocenters. The molecule has 0 aromatic carbocycles. The van der Waals surface area contributed by atoms with Gasteiger partial charge in [-0.1, -0.05) is 12.2 Å². The van der Waals surface area contributed by atoms with Gasteiger partial charge in [0.05, 0.1) is 5.69 Å². The Kier molecular flexibility index (Phi) is 5.73. The average Bonchev–Trinajstić information content (AvgIpc) is 2.26. The third-order valence-corrected chi connectivity index (χ3v) is 3.01. The predicted octanol–water partition coefficient (Wildman–Crippen LogP) is 1.51. The van der Waals surface area contributed by atoms with Crippen LogP contribution in [0.5, 0.6) is 0 Å². The summed E-state index contributed by atoms with van der Waals surface area (Å²) in [7, 11) is 2.11. The summed E-state index contributed by atoms with van der Waals surface area (Å²) in [5.41, 5.74) is 7.44. The minimum absolute atomic E-state index is 0.355. The smallest absolute Gasteiger partial charge is 0.122 e. The van der Waals surface area contributed by atoms with Crippen LogP contribution in [0.15, 0.2) is 18.3 Å².